The number of halogens is 1. The Morgan fingerprint density at radius 2 is 1.90 bits per heavy atom. The summed E-state index contributed by atoms with van der Waals surface area (Å²) < 4.78 is 18.7. The molecule has 1 aliphatic heterocycles. The summed E-state index contributed by atoms with van der Waals surface area (Å²) in [4.78, 5) is 2.25. The van der Waals surface area contributed by atoms with E-state index in [1.165, 1.54) is 12.1 Å². The zero-order chi connectivity index (χ0) is 14.7. The van der Waals surface area contributed by atoms with E-state index in [2.05, 4.69) is 11.0 Å². The molecule has 0 fully saturated rings. The van der Waals surface area contributed by atoms with Crippen LogP contribution in [0.2, 0.25) is 0 Å². The molecule has 0 radical (unpaired) electrons. The number of rotatable bonds is 3. The Bertz CT molecular complexity index is 600. The summed E-state index contributed by atoms with van der Waals surface area (Å²) in [6.45, 7) is 2.32. The molecule has 2 aromatic carbocycles. The minimum atomic E-state index is -0.237. The Hall–Kier alpha value is -2.07. The molecule has 21 heavy (non-hydrogen) atoms. The van der Waals surface area contributed by atoms with Crippen LogP contribution in [0, 0.1) is 5.82 Å². The average Bonchev–Trinajstić information content (AvgIpc) is 2.71. The topological polar surface area (TPSA) is 38.5 Å². The normalized spacial score (nSPS) is 15.8. The van der Waals surface area contributed by atoms with Crippen LogP contribution in [0.25, 0.3) is 0 Å². The molecule has 0 aliphatic carbocycles. The Balaban J connectivity index is 1.79. The fourth-order valence-electron chi connectivity index (χ4n) is 2.64. The number of benzene rings is 2. The van der Waals surface area contributed by atoms with Crippen LogP contribution in [0.5, 0.6) is 5.75 Å². The van der Waals surface area contributed by atoms with Crippen LogP contribution in [-0.4, -0.2) is 19.7 Å². The third-order valence-electron chi connectivity index (χ3n) is 3.75. The summed E-state index contributed by atoms with van der Waals surface area (Å²) in [6.07, 6.45) is 0.963. The van der Waals surface area contributed by atoms with E-state index >= 15 is 0 Å². The second-order valence-electron chi connectivity index (χ2n) is 5.27. The first-order valence-corrected chi connectivity index (χ1v) is 7.22. The third kappa shape index (κ3) is 3.16. The molecule has 1 heterocycles. The SMILES string of the molecule is NC(CN1CCCOc2ccccc21)c1ccc(F)cc1. The van der Waals surface area contributed by atoms with Crippen molar-refractivity contribution in [2.24, 2.45) is 5.73 Å². The molecule has 1 atom stereocenters. The molecule has 3 nitrogen and oxygen atoms in total. The van der Waals surface area contributed by atoms with Gasteiger partial charge >= 0.3 is 0 Å². The number of nitrogens with two attached hydrogens (primary N) is 1. The standard InChI is InChI=1S/C17H19FN2O/c18-14-8-6-13(7-9-14)15(19)12-20-10-3-11-21-17-5-2-1-4-16(17)20/h1-2,4-9,15H,3,10-12,19H2. The highest BCUT2D eigenvalue weighted by Gasteiger charge is 2.18. The van der Waals surface area contributed by atoms with Gasteiger partial charge < -0.3 is 15.4 Å². The van der Waals surface area contributed by atoms with Gasteiger partial charge in [0.05, 0.1) is 12.3 Å². The van der Waals surface area contributed by atoms with E-state index in [1.54, 1.807) is 12.1 Å². The van der Waals surface area contributed by atoms with Crippen LogP contribution >= 0.6 is 0 Å². The largest absolute Gasteiger partial charge is 0.491 e. The van der Waals surface area contributed by atoms with Crippen LogP contribution in [-0.2, 0) is 0 Å². The molecule has 4 heteroatoms. The highest BCUT2D eigenvalue weighted by Crippen LogP contribution is 2.31. The van der Waals surface area contributed by atoms with Crippen molar-refractivity contribution in [2.45, 2.75) is 12.5 Å². The van der Waals surface area contributed by atoms with Gasteiger partial charge in [-0.1, -0.05) is 24.3 Å². The molecule has 1 aliphatic rings. The van der Waals surface area contributed by atoms with E-state index < -0.39 is 0 Å². The first-order valence-electron chi connectivity index (χ1n) is 7.22. The molecular formula is C17H19FN2O. The number of fused-ring (bicyclic) bond motifs is 1. The van der Waals surface area contributed by atoms with Crippen molar-refractivity contribution in [3.8, 4) is 5.75 Å². The van der Waals surface area contributed by atoms with Gasteiger partial charge in [-0.2, -0.15) is 0 Å². The lowest BCUT2D eigenvalue weighted by Gasteiger charge is -2.27. The van der Waals surface area contributed by atoms with E-state index in [1.807, 2.05) is 18.2 Å². The predicted molar refractivity (Wildman–Crippen MR) is 82.1 cm³/mol. The molecule has 0 saturated heterocycles. The molecule has 0 amide bonds. The lowest BCUT2D eigenvalue weighted by Crippen LogP contribution is -2.32. The molecule has 0 bridgehead atoms. The summed E-state index contributed by atoms with van der Waals surface area (Å²) in [6, 6.07) is 14.3. The number of para-hydroxylation sites is 2. The fourth-order valence-corrected chi connectivity index (χ4v) is 2.64. The Kier molecular flexibility index (Phi) is 4.06. The number of nitrogens with zero attached hydrogens (tertiary/aromatic N) is 1. The van der Waals surface area contributed by atoms with Crippen LogP contribution in [0.3, 0.4) is 0 Å². The predicted octanol–water partition coefficient (Wildman–Crippen LogP) is 3.11. The van der Waals surface area contributed by atoms with Crippen molar-refractivity contribution in [2.75, 3.05) is 24.6 Å². The molecule has 0 saturated carbocycles. The van der Waals surface area contributed by atoms with Gasteiger partial charge in [0.1, 0.15) is 11.6 Å². The van der Waals surface area contributed by atoms with Crippen molar-refractivity contribution in [3.05, 3.63) is 59.9 Å². The lowest BCUT2D eigenvalue weighted by atomic mass is 10.1. The summed E-state index contributed by atoms with van der Waals surface area (Å²) in [5.74, 6) is 0.667. The van der Waals surface area contributed by atoms with E-state index in [-0.39, 0.29) is 11.9 Å². The zero-order valence-corrected chi connectivity index (χ0v) is 11.8. The molecule has 2 aromatic rings. The van der Waals surface area contributed by atoms with Crippen molar-refractivity contribution in [1.82, 2.24) is 0 Å². The second kappa shape index (κ2) is 6.14. The fraction of sp³-hybridized carbons (Fsp3) is 0.294. The van der Waals surface area contributed by atoms with Crippen molar-refractivity contribution in [1.29, 1.82) is 0 Å². The summed E-state index contributed by atoms with van der Waals surface area (Å²) >= 11 is 0. The monoisotopic (exact) mass is 286 g/mol. The van der Waals surface area contributed by atoms with Gasteiger partial charge in [0.25, 0.3) is 0 Å². The lowest BCUT2D eigenvalue weighted by molar-refractivity contribution is 0.322. The van der Waals surface area contributed by atoms with E-state index in [0.717, 1.165) is 36.6 Å². The van der Waals surface area contributed by atoms with Crippen LogP contribution in [0.4, 0.5) is 10.1 Å². The Morgan fingerprint density at radius 1 is 1.14 bits per heavy atom. The highest BCUT2D eigenvalue weighted by molar-refractivity contribution is 5.59. The smallest absolute Gasteiger partial charge is 0.142 e. The van der Waals surface area contributed by atoms with Gasteiger partial charge in [-0.25, -0.2) is 4.39 Å². The molecule has 3 rings (SSSR count). The Morgan fingerprint density at radius 3 is 2.71 bits per heavy atom. The quantitative estimate of drug-likeness (QED) is 0.942. The number of hydrogen-bond acceptors (Lipinski definition) is 3. The van der Waals surface area contributed by atoms with Gasteiger partial charge in [0.15, 0.2) is 0 Å². The number of hydrogen-bond donors (Lipinski definition) is 1. The van der Waals surface area contributed by atoms with E-state index in [0.29, 0.717) is 6.54 Å². The van der Waals surface area contributed by atoms with E-state index in [4.69, 9.17) is 10.5 Å². The third-order valence-corrected chi connectivity index (χ3v) is 3.75. The minimum absolute atomic E-state index is 0.156. The average molecular weight is 286 g/mol. The maximum atomic E-state index is 13.0. The molecular weight excluding hydrogens is 267 g/mol. The summed E-state index contributed by atoms with van der Waals surface area (Å²) in [5.41, 5.74) is 8.30. The first-order chi connectivity index (χ1) is 10.2. The molecule has 1 unspecified atom stereocenters. The summed E-state index contributed by atoms with van der Waals surface area (Å²) in [7, 11) is 0. The highest BCUT2D eigenvalue weighted by atomic mass is 19.1. The number of ether oxygens (including phenoxy) is 1. The van der Waals surface area contributed by atoms with Gasteiger partial charge in [-0.05, 0) is 36.2 Å². The van der Waals surface area contributed by atoms with Gasteiger partial charge in [-0.15, -0.1) is 0 Å². The summed E-state index contributed by atoms with van der Waals surface area (Å²) in [5, 5.41) is 0. The first kappa shape index (κ1) is 13.9. The van der Waals surface area contributed by atoms with Crippen LogP contribution < -0.4 is 15.4 Å². The maximum Gasteiger partial charge on any atom is 0.142 e. The van der Waals surface area contributed by atoms with Gasteiger partial charge in [-0.3, -0.25) is 0 Å². The zero-order valence-electron chi connectivity index (χ0n) is 11.8. The van der Waals surface area contributed by atoms with Crippen molar-refractivity contribution in [3.63, 3.8) is 0 Å². The van der Waals surface area contributed by atoms with Crippen LogP contribution in [0.1, 0.15) is 18.0 Å². The van der Waals surface area contributed by atoms with Gasteiger partial charge in [0, 0.05) is 19.1 Å². The molecule has 110 valence electrons. The van der Waals surface area contributed by atoms with Gasteiger partial charge in [0.2, 0.25) is 0 Å². The van der Waals surface area contributed by atoms with Crippen LogP contribution in [0.15, 0.2) is 48.5 Å². The Labute approximate surface area is 124 Å². The maximum absolute atomic E-state index is 13.0. The second-order valence-corrected chi connectivity index (χ2v) is 5.27. The molecule has 0 spiro atoms. The molecule has 2 N–H and O–H groups in total. The number of anilines is 1. The van der Waals surface area contributed by atoms with E-state index in [9.17, 15) is 4.39 Å². The molecule has 0 aromatic heterocycles. The van der Waals surface area contributed by atoms with Crippen molar-refractivity contribution < 1.29 is 9.13 Å². The minimum Gasteiger partial charge on any atom is -0.491 e. The van der Waals surface area contributed by atoms with Crippen molar-refractivity contribution >= 4 is 5.69 Å².